The minimum atomic E-state index is 0.520. The van der Waals surface area contributed by atoms with Crippen molar-refractivity contribution in [3.63, 3.8) is 0 Å². The number of fused-ring (bicyclic) bond motifs is 6. The van der Waals surface area contributed by atoms with Gasteiger partial charge in [-0.25, -0.2) is 19.9 Å². The van der Waals surface area contributed by atoms with Gasteiger partial charge in [-0.3, -0.25) is 0 Å². The predicted molar refractivity (Wildman–Crippen MR) is 162 cm³/mol. The molecule has 8 aromatic heterocycles. The quantitative estimate of drug-likeness (QED) is 0.197. The summed E-state index contributed by atoms with van der Waals surface area (Å²) in [6, 6.07) is 7.15. The van der Waals surface area contributed by atoms with Crippen LogP contribution in [0.5, 0.6) is 0 Å². The lowest BCUT2D eigenvalue weighted by Crippen LogP contribution is -1.95. The van der Waals surface area contributed by atoms with Crippen LogP contribution in [-0.4, -0.2) is 69.2 Å². The van der Waals surface area contributed by atoms with E-state index >= 15 is 0 Å². The maximum absolute atomic E-state index is 5.31. The molecule has 0 spiro atoms. The van der Waals surface area contributed by atoms with Gasteiger partial charge in [0, 0.05) is 25.0 Å². The first-order valence-electron chi connectivity index (χ1n) is 15.1. The molecule has 0 fully saturated rings. The van der Waals surface area contributed by atoms with Crippen molar-refractivity contribution in [2.75, 3.05) is 0 Å². The van der Waals surface area contributed by atoms with E-state index in [1.165, 1.54) is 28.9 Å². The third-order valence-electron chi connectivity index (χ3n) is 7.15. The summed E-state index contributed by atoms with van der Waals surface area (Å²) in [6.07, 6.45) is 13.9. The number of aryl methyl sites for hydroxylation is 2. The Labute approximate surface area is 256 Å². The molecular formula is C29H32N14O2. The zero-order chi connectivity index (χ0) is 30.8. The molecule has 230 valence electrons. The second-order valence-electron chi connectivity index (χ2n) is 11.1. The first kappa shape index (κ1) is 28.2. The highest BCUT2D eigenvalue weighted by Gasteiger charge is 2.16. The van der Waals surface area contributed by atoms with Gasteiger partial charge in [0.1, 0.15) is 12.7 Å². The topological polar surface area (TPSA) is 174 Å². The van der Waals surface area contributed by atoms with Gasteiger partial charge in [0.2, 0.25) is 23.1 Å². The smallest absolute Gasteiger partial charge is 0.238 e. The van der Waals surface area contributed by atoms with Crippen LogP contribution < -0.4 is 0 Å². The summed E-state index contributed by atoms with van der Waals surface area (Å²) in [4.78, 5) is 20.6. The minimum absolute atomic E-state index is 0.520. The van der Waals surface area contributed by atoms with Crippen molar-refractivity contribution in [2.24, 2.45) is 5.92 Å². The van der Waals surface area contributed by atoms with Crippen LogP contribution in [0.1, 0.15) is 64.5 Å². The lowest BCUT2D eigenvalue weighted by atomic mass is 10.1. The number of unbranched alkanes of at least 4 members (excludes halogenated alkanes) is 3. The second kappa shape index (κ2) is 12.2. The number of aromatic nitrogens is 14. The molecule has 8 rings (SSSR count). The zero-order valence-corrected chi connectivity index (χ0v) is 25.2. The monoisotopic (exact) mass is 608 g/mol. The van der Waals surface area contributed by atoms with Crippen LogP contribution >= 0.6 is 0 Å². The third kappa shape index (κ3) is 5.85. The Morgan fingerprint density at radius 3 is 1.71 bits per heavy atom. The van der Waals surface area contributed by atoms with Crippen molar-refractivity contribution in [1.82, 2.24) is 69.2 Å². The van der Waals surface area contributed by atoms with Crippen LogP contribution in [0.3, 0.4) is 0 Å². The van der Waals surface area contributed by atoms with Crippen molar-refractivity contribution in [3.8, 4) is 11.8 Å². The van der Waals surface area contributed by atoms with Gasteiger partial charge in [-0.15, -0.1) is 40.2 Å². The number of nitrogens with zero attached hydrogens (tertiary/aromatic N) is 14. The van der Waals surface area contributed by atoms with Crippen molar-refractivity contribution >= 4 is 33.6 Å². The van der Waals surface area contributed by atoms with E-state index in [2.05, 4.69) is 71.3 Å². The first-order valence-corrected chi connectivity index (χ1v) is 15.1. The van der Waals surface area contributed by atoms with Crippen LogP contribution in [0, 0.1) is 5.92 Å². The number of hydrogen-bond acceptors (Lipinski definition) is 12. The second-order valence-corrected chi connectivity index (χ2v) is 11.1. The molecule has 0 amide bonds. The molecule has 0 N–H and O–H groups in total. The molecular weight excluding hydrogens is 576 g/mol. The van der Waals surface area contributed by atoms with Crippen molar-refractivity contribution in [3.05, 3.63) is 61.1 Å². The van der Waals surface area contributed by atoms with Gasteiger partial charge in [0.05, 0.1) is 12.5 Å². The van der Waals surface area contributed by atoms with Gasteiger partial charge >= 0.3 is 0 Å². The third-order valence-corrected chi connectivity index (χ3v) is 7.15. The Bertz CT molecular complexity index is 2150. The van der Waals surface area contributed by atoms with Gasteiger partial charge in [-0.05, 0) is 30.9 Å². The summed E-state index contributed by atoms with van der Waals surface area (Å²) >= 11 is 0. The minimum Gasteiger partial charge on any atom is -0.445 e. The van der Waals surface area contributed by atoms with Gasteiger partial charge in [-0.1, -0.05) is 40.0 Å². The van der Waals surface area contributed by atoms with Crippen LogP contribution in [0.25, 0.3) is 45.4 Å². The molecule has 0 aliphatic heterocycles. The summed E-state index contributed by atoms with van der Waals surface area (Å²) in [5.74, 6) is 3.32. The van der Waals surface area contributed by atoms with Gasteiger partial charge < -0.3 is 8.83 Å². The van der Waals surface area contributed by atoms with E-state index in [9.17, 15) is 0 Å². The highest BCUT2D eigenvalue weighted by Crippen LogP contribution is 2.17. The van der Waals surface area contributed by atoms with Gasteiger partial charge in [0.25, 0.3) is 0 Å². The van der Waals surface area contributed by atoms with Crippen LogP contribution in [0.4, 0.5) is 0 Å². The number of rotatable bonds is 10. The Morgan fingerprint density at radius 1 is 0.667 bits per heavy atom. The average Bonchev–Trinajstić information content (AvgIpc) is 3.86. The molecule has 0 atom stereocenters. The first-order chi connectivity index (χ1) is 22.1. The van der Waals surface area contributed by atoms with E-state index in [1.54, 1.807) is 58.5 Å². The standard InChI is InChI=1S/C15H17N7O.C14H15N7O/c1-2-3-4-5-7-11-17-15-13-14(16-10-21(15)18-11)20-22(19-13)12-8-6-9-23-12;1-9(2)5-6-10-16-14-12-13(15-8-20(14)17-10)19-21(18-12)11-4-3-7-22-11/h6,8-10H,2-5,7H2,1H3;3-4,7-9H,5-6H2,1-2H3. The summed E-state index contributed by atoms with van der Waals surface area (Å²) in [6.45, 7) is 6.57. The molecule has 16 heteroatoms. The van der Waals surface area contributed by atoms with Crippen LogP contribution in [0.15, 0.2) is 58.3 Å². The molecule has 0 bridgehead atoms. The number of furan rings is 2. The summed E-state index contributed by atoms with van der Waals surface area (Å²) in [5.41, 5.74) is 3.63. The van der Waals surface area contributed by atoms with Crippen LogP contribution in [0.2, 0.25) is 0 Å². The molecule has 0 radical (unpaired) electrons. The molecule has 0 saturated heterocycles. The van der Waals surface area contributed by atoms with Crippen molar-refractivity contribution in [2.45, 2.75) is 65.7 Å². The molecule has 0 aliphatic carbocycles. The average molecular weight is 609 g/mol. The lowest BCUT2D eigenvalue weighted by molar-refractivity contribution is 0.501. The maximum atomic E-state index is 5.31. The fourth-order valence-electron chi connectivity index (χ4n) is 4.80. The van der Waals surface area contributed by atoms with Gasteiger partial charge in [0.15, 0.2) is 34.0 Å². The van der Waals surface area contributed by atoms with Crippen molar-refractivity contribution < 1.29 is 8.83 Å². The molecule has 0 aliphatic rings. The molecule has 45 heavy (non-hydrogen) atoms. The summed E-state index contributed by atoms with van der Waals surface area (Å²) in [7, 11) is 0. The Morgan fingerprint density at radius 2 is 1.22 bits per heavy atom. The molecule has 0 unspecified atom stereocenters. The molecule has 8 heterocycles. The predicted octanol–water partition coefficient (Wildman–Crippen LogP) is 4.61. The fourth-order valence-corrected chi connectivity index (χ4v) is 4.80. The normalized spacial score (nSPS) is 11.8. The van der Waals surface area contributed by atoms with E-state index in [0.29, 0.717) is 51.3 Å². The van der Waals surface area contributed by atoms with E-state index in [4.69, 9.17) is 8.83 Å². The largest absolute Gasteiger partial charge is 0.445 e. The van der Waals surface area contributed by atoms with E-state index in [1.807, 2.05) is 0 Å². The molecule has 0 saturated carbocycles. The van der Waals surface area contributed by atoms with E-state index in [-0.39, 0.29) is 0 Å². The highest BCUT2D eigenvalue weighted by atomic mass is 16.4. The summed E-state index contributed by atoms with van der Waals surface area (Å²) in [5, 5.41) is 26.4. The lowest BCUT2D eigenvalue weighted by Gasteiger charge is -1.99. The maximum Gasteiger partial charge on any atom is 0.238 e. The fraction of sp³-hybridized carbons (Fsp3) is 0.379. The molecule has 8 aromatic rings. The summed E-state index contributed by atoms with van der Waals surface area (Å²) < 4.78 is 13.9. The van der Waals surface area contributed by atoms with Crippen LogP contribution in [-0.2, 0) is 12.8 Å². The molecule has 0 aromatic carbocycles. The Hall–Kier alpha value is -5.54. The zero-order valence-electron chi connectivity index (χ0n) is 25.2. The van der Waals surface area contributed by atoms with Crippen molar-refractivity contribution in [1.29, 1.82) is 0 Å². The Kier molecular flexibility index (Phi) is 7.67. The van der Waals surface area contributed by atoms with E-state index < -0.39 is 0 Å². The molecule has 16 nitrogen and oxygen atoms in total. The van der Waals surface area contributed by atoms with Gasteiger partial charge in [-0.2, -0.15) is 9.03 Å². The number of hydrogen-bond donors (Lipinski definition) is 0. The van der Waals surface area contributed by atoms with E-state index in [0.717, 1.165) is 37.3 Å². The highest BCUT2D eigenvalue weighted by molar-refractivity contribution is 5.84. The Balaban J connectivity index is 0.000000145. The SMILES string of the molecule is CC(C)CCc1nc2c3nn(-c4ccco4)nc3ncn2n1.CCCCCCc1nc2c3nn(-c4ccco4)nc3ncn2n1.